The third-order valence-corrected chi connectivity index (χ3v) is 2.14. The first-order valence-corrected chi connectivity index (χ1v) is 4.73. The van der Waals surface area contributed by atoms with Crippen LogP contribution in [0.1, 0.15) is 16.2 Å². The van der Waals surface area contributed by atoms with E-state index in [0.29, 0.717) is 4.68 Å². The molecular formula is C10H6F3N3O2. The Balaban J connectivity index is 2.64. The van der Waals surface area contributed by atoms with E-state index < -0.39 is 23.5 Å². The van der Waals surface area contributed by atoms with Crippen LogP contribution in [0.3, 0.4) is 0 Å². The minimum atomic E-state index is -4.86. The maximum Gasteiger partial charge on any atom is 0.437 e. The number of carboxylic acid groups (broad SMARTS) is 1. The Labute approximate surface area is 98.5 Å². The second-order valence-corrected chi connectivity index (χ2v) is 3.34. The zero-order valence-corrected chi connectivity index (χ0v) is 8.72. The highest BCUT2D eigenvalue weighted by atomic mass is 19.4. The summed E-state index contributed by atoms with van der Waals surface area (Å²) in [6.07, 6.45) is -4.86. The average Bonchev–Trinajstić information content (AvgIpc) is 2.74. The lowest BCUT2D eigenvalue weighted by Gasteiger charge is -2.05. The van der Waals surface area contributed by atoms with E-state index in [1.54, 1.807) is 18.2 Å². The molecule has 0 spiro atoms. The molecule has 0 saturated heterocycles. The van der Waals surface area contributed by atoms with Gasteiger partial charge < -0.3 is 5.11 Å². The molecule has 2 aromatic rings. The third kappa shape index (κ3) is 2.04. The predicted molar refractivity (Wildman–Crippen MR) is 53.3 cm³/mol. The summed E-state index contributed by atoms with van der Waals surface area (Å²) < 4.78 is 38.3. The number of rotatable bonds is 2. The first kappa shape index (κ1) is 12.1. The summed E-state index contributed by atoms with van der Waals surface area (Å²) in [5.41, 5.74) is -2.33. The summed E-state index contributed by atoms with van der Waals surface area (Å²) in [5, 5.41) is 15.0. The van der Waals surface area contributed by atoms with Crippen LogP contribution in [0.5, 0.6) is 0 Å². The van der Waals surface area contributed by atoms with Gasteiger partial charge in [0.2, 0.25) is 5.69 Å². The lowest BCUT2D eigenvalue weighted by Crippen LogP contribution is -2.15. The van der Waals surface area contributed by atoms with Gasteiger partial charge in [0.15, 0.2) is 5.69 Å². The SMILES string of the molecule is O=C(O)c1c(C(F)(F)F)nnn1-c1ccccc1. The summed E-state index contributed by atoms with van der Waals surface area (Å²) in [6.45, 7) is 0. The number of hydrogen-bond donors (Lipinski definition) is 1. The van der Waals surface area contributed by atoms with Crippen molar-refractivity contribution in [3.63, 3.8) is 0 Å². The Kier molecular flexibility index (Phi) is 2.77. The highest BCUT2D eigenvalue weighted by Crippen LogP contribution is 2.30. The molecule has 1 aromatic heterocycles. The van der Waals surface area contributed by atoms with Crippen molar-refractivity contribution in [2.45, 2.75) is 6.18 Å². The summed E-state index contributed by atoms with van der Waals surface area (Å²) in [4.78, 5) is 10.9. The van der Waals surface area contributed by atoms with E-state index in [0.717, 1.165) is 0 Å². The zero-order valence-electron chi connectivity index (χ0n) is 8.72. The Bertz CT molecular complexity index is 578. The van der Waals surface area contributed by atoms with E-state index in [4.69, 9.17) is 5.11 Å². The van der Waals surface area contributed by atoms with Gasteiger partial charge >= 0.3 is 12.1 Å². The van der Waals surface area contributed by atoms with Gasteiger partial charge in [0.05, 0.1) is 5.69 Å². The second-order valence-electron chi connectivity index (χ2n) is 3.34. The smallest absolute Gasteiger partial charge is 0.437 e. The number of halogens is 3. The molecule has 0 radical (unpaired) electrons. The van der Waals surface area contributed by atoms with Gasteiger partial charge in [-0.3, -0.25) is 0 Å². The number of hydrogen-bond acceptors (Lipinski definition) is 3. The first-order valence-electron chi connectivity index (χ1n) is 4.73. The summed E-state index contributed by atoms with van der Waals surface area (Å²) in [7, 11) is 0. The van der Waals surface area contributed by atoms with Gasteiger partial charge in [-0.15, -0.1) is 5.10 Å². The second kappa shape index (κ2) is 4.13. The normalized spacial score (nSPS) is 11.5. The Morgan fingerprint density at radius 3 is 2.33 bits per heavy atom. The summed E-state index contributed by atoms with van der Waals surface area (Å²) in [6, 6.07) is 7.61. The number of aromatic carboxylic acids is 1. The number of carboxylic acids is 1. The quantitative estimate of drug-likeness (QED) is 0.893. The fraction of sp³-hybridized carbons (Fsp3) is 0.100. The minimum absolute atomic E-state index is 0.193. The van der Waals surface area contributed by atoms with Crippen LogP contribution in [0.25, 0.3) is 5.69 Å². The van der Waals surface area contributed by atoms with Crippen molar-refractivity contribution in [2.24, 2.45) is 0 Å². The maximum absolute atomic E-state index is 12.6. The van der Waals surface area contributed by atoms with Crippen LogP contribution in [0, 0.1) is 0 Å². The molecule has 18 heavy (non-hydrogen) atoms. The van der Waals surface area contributed by atoms with Crippen LogP contribution >= 0.6 is 0 Å². The Morgan fingerprint density at radius 1 is 1.22 bits per heavy atom. The fourth-order valence-corrected chi connectivity index (χ4v) is 1.41. The number of alkyl halides is 3. The molecule has 0 saturated carbocycles. The lowest BCUT2D eigenvalue weighted by molar-refractivity contribution is -0.141. The van der Waals surface area contributed by atoms with Gasteiger partial charge in [-0.25, -0.2) is 9.48 Å². The molecule has 0 aliphatic rings. The van der Waals surface area contributed by atoms with Crippen LogP contribution in [-0.4, -0.2) is 26.1 Å². The molecule has 0 bridgehead atoms. The van der Waals surface area contributed by atoms with Gasteiger partial charge in [-0.1, -0.05) is 23.4 Å². The molecule has 0 fully saturated rings. The number of benzene rings is 1. The molecule has 8 heteroatoms. The van der Waals surface area contributed by atoms with Crippen molar-refractivity contribution in [3.05, 3.63) is 41.7 Å². The van der Waals surface area contributed by atoms with Gasteiger partial charge in [-0.05, 0) is 12.1 Å². The van der Waals surface area contributed by atoms with E-state index in [-0.39, 0.29) is 5.69 Å². The van der Waals surface area contributed by atoms with E-state index >= 15 is 0 Å². The van der Waals surface area contributed by atoms with Crippen molar-refractivity contribution in [3.8, 4) is 5.69 Å². The summed E-state index contributed by atoms with van der Waals surface area (Å²) >= 11 is 0. The zero-order chi connectivity index (χ0) is 13.3. The minimum Gasteiger partial charge on any atom is -0.476 e. The molecule has 0 amide bonds. The number of carbonyl (C=O) groups is 1. The van der Waals surface area contributed by atoms with Crippen LogP contribution in [0.15, 0.2) is 30.3 Å². The lowest BCUT2D eigenvalue weighted by atomic mass is 10.2. The largest absolute Gasteiger partial charge is 0.476 e. The predicted octanol–water partition coefficient (Wildman–Crippen LogP) is 1.98. The molecule has 0 unspecified atom stereocenters. The molecule has 2 rings (SSSR count). The molecular weight excluding hydrogens is 251 g/mol. The van der Waals surface area contributed by atoms with E-state index in [1.807, 2.05) is 0 Å². The van der Waals surface area contributed by atoms with E-state index in [2.05, 4.69) is 10.3 Å². The molecule has 5 nitrogen and oxygen atoms in total. The van der Waals surface area contributed by atoms with Crippen molar-refractivity contribution in [1.82, 2.24) is 15.0 Å². The topological polar surface area (TPSA) is 68.0 Å². The van der Waals surface area contributed by atoms with Crippen molar-refractivity contribution >= 4 is 5.97 Å². The molecule has 0 aliphatic heterocycles. The average molecular weight is 257 g/mol. The Hall–Kier alpha value is -2.38. The van der Waals surface area contributed by atoms with Gasteiger partial charge in [0.25, 0.3) is 0 Å². The van der Waals surface area contributed by atoms with Crippen LogP contribution in [0.4, 0.5) is 13.2 Å². The van der Waals surface area contributed by atoms with Crippen molar-refractivity contribution in [1.29, 1.82) is 0 Å². The van der Waals surface area contributed by atoms with E-state index in [1.165, 1.54) is 12.1 Å². The number of aromatic nitrogens is 3. The Morgan fingerprint density at radius 2 is 1.83 bits per heavy atom. The van der Waals surface area contributed by atoms with Gasteiger partial charge in [0.1, 0.15) is 0 Å². The van der Waals surface area contributed by atoms with Crippen LogP contribution in [-0.2, 0) is 6.18 Å². The summed E-state index contributed by atoms with van der Waals surface area (Å²) in [5.74, 6) is -1.74. The molecule has 0 aliphatic carbocycles. The van der Waals surface area contributed by atoms with Crippen LogP contribution < -0.4 is 0 Å². The molecule has 0 atom stereocenters. The highest BCUT2D eigenvalue weighted by Gasteiger charge is 2.41. The number of nitrogens with zero attached hydrogens (tertiary/aromatic N) is 3. The molecule has 1 aromatic carbocycles. The molecule has 94 valence electrons. The maximum atomic E-state index is 12.6. The highest BCUT2D eigenvalue weighted by molar-refractivity contribution is 5.87. The number of para-hydroxylation sites is 1. The molecule has 1 N–H and O–H groups in total. The molecule has 1 heterocycles. The van der Waals surface area contributed by atoms with Crippen LogP contribution in [0.2, 0.25) is 0 Å². The van der Waals surface area contributed by atoms with Crippen molar-refractivity contribution in [2.75, 3.05) is 0 Å². The fourth-order valence-electron chi connectivity index (χ4n) is 1.41. The van der Waals surface area contributed by atoms with Crippen molar-refractivity contribution < 1.29 is 23.1 Å². The third-order valence-electron chi connectivity index (χ3n) is 2.14. The first-order chi connectivity index (χ1) is 8.41. The standard InChI is InChI=1S/C10H6F3N3O2/c11-10(12,13)8-7(9(17)18)16(15-14-8)6-4-2-1-3-5-6/h1-5H,(H,17,18). The van der Waals surface area contributed by atoms with Gasteiger partial charge in [-0.2, -0.15) is 13.2 Å². The monoisotopic (exact) mass is 257 g/mol. The van der Waals surface area contributed by atoms with E-state index in [9.17, 15) is 18.0 Å². The van der Waals surface area contributed by atoms with Gasteiger partial charge in [0, 0.05) is 0 Å².